The van der Waals surface area contributed by atoms with Crippen LogP contribution in [0.1, 0.15) is 26.7 Å². The summed E-state index contributed by atoms with van der Waals surface area (Å²) in [6.45, 7) is 3.38. The Morgan fingerprint density at radius 2 is 2.00 bits per heavy atom. The summed E-state index contributed by atoms with van der Waals surface area (Å²) in [7, 11) is 0. The first-order chi connectivity index (χ1) is 4.57. The molecule has 0 radical (unpaired) electrons. The van der Waals surface area contributed by atoms with Gasteiger partial charge in [-0.1, -0.05) is 13.8 Å². The fourth-order valence-corrected chi connectivity index (χ4v) is 0.724. The summed E-state index contributed by atoms with van der Waals surface area (Å²) in [5, 5.41) is 8.28. The number of ketones is 1. The molecule has 0 aliphatic heterocycles. The summed E-state index contributed by atoms with van der Waals surface area (Å²) in [6.07, 6.45) is 0.376. The number of carboxylic acids is 1. The van der Waals surface area contributed by atoms with Gasteiger partial charge in [-0.05, 0) is 0 Å². The molecule has 1 atom stereocenters. The van der Waals surface area contributed by atoms with Crippen LogP contribution in [0.15, 0.2) is 0 Å². The molecule has 0 fully saturated rings. The second-order valence-corrected chi connectivity index (χ2v) is 2.32. The predicted molar refractivity (Wildman–Crippen MR) is 36.7 cm³/mol. The zero-order valence-electron chi connectivity index (χ0n) is 6.26. The van der Waals surface area contributed by atoms with Crippen LogP contribution in [0.3, 0.4) is 0 Å². The van der Waals surface area contributed by atoms with E-state index in [1.54, 1.807) is 13.8 Å². The van der Waals surface area contributed by atoms with Crippen LogP contribution in [0.2, 0.25) is 0 Å². The van der Waals surface area contributed by atoms with Crippen molar-refractivity contribution in [2.45, 2.75) is 26.7 Å². The van der Waals surface area contributed by atoms with Crippen LogP contribution in [0.25, 0.3) is 0 Å². The van der Waals surface area contributed by atoms with Gasteiger partial charge in [-0.3, -0.25) is 9.59 Å². The molecule has 1 unspecified atom stereocenters. The molecule has 0 bridgehead atoms. The van der Waals surface area contributed by atoms with Crippen molar-refractivity contribution in [3.8, 4) is 0 Å². The number of carbonyl (C=O) groups is 2. The van der Waals surface area contributed by atoms with Gasteiger partial charge in [0.25, 0.3) is 0 Å². The highest BCUT2D eigenvalue weighted by atomic mass is 16.4. The molecule has 3 heteroatoms. The maximum Gasteiger partial charge on any atom is 0.304 e. The average molecular weight is 144 g/mol. The number of carbonyl (C=O) groups excluding carboxylic acids is 1. The Morgan fingerprint density at radius 1 is 1.50 bits per heavy atom. The van der Waals surface area contributed by atoms with Gasteiger partial charge in [-0.15, -0.1) is 0 Å². The minimum atomic E-state index is -0.908. The molecule has 0 aromatic heterocycles. The standard InChI is InChI=1S/C7H12O3/c1-3-6(8)5(2)4-7(9)10/h5H,3-4H2,1-2H3,(H,9,10). The molecular weight excluding hydrogens is 132 g/mol. The molecule has 0 aliphatic carbocycles. The van der Waals surface area contributed by atoms with Gasteiger partial charge in [0, 0.05) is 12.3 Å². The molecule has 0 aliphatic rings. The van der Waals surface area contributed by atoms with Crippen LogP contribution in [0.4, 0.5) is 0 Å². The van der Waals surface area contributed by atoms with Crippen molar-refractivity contribution < 1.29 is 14.7 Å². The number of carboxylic acid groups (broad SMARTS) is 1. The highest BCUT2D eigenvalue weighted by Crippen LogP contribution is 2.04. The monoisotopic (exact) mass is 144 g/mol. The van der Waals surface area contributed by atoms with E-state index >= 15 is 0 Å². The second-order valence-electron chi connectivity index (χ2n) is 2.32. The lowest BCUT2D eigenvalue weighted by atomic mass is 10.0. The highest BCUT2D eigenvalue weighted by Gasteiger charge is 2.13. The van der Waals surface area contributed by atoms with Crippen molar-refractivity contribution in [2.24, 2.45) is 5.92 Å². The average Bonchev–Trinajstić information content (AvgIpc) is 1.85. The van der Waals surface area contributed by atoms with Crippen molar-refractivity contribution in [2.75, 3.05) is 0 Å². The van der Waals surface area contributed by atoms with Gasteiger partial charge < -0.3 is 5.11 Å². The van der Waals surface area contributed by atoms with E-state index in [0.29, 0.717) is 6.42 Å². The summed E-state index contributed by atoms with van der Waals surface area (Å²) in [6, 6.07) is 0. The lowest BCUT2D eigenvalue weighted by Gasteiger charge is -2.03. The van der Waals surface area contributed by atoms with E-state index in [0.717, 1.165) is 0 Å². The van der Waals surface area contributed by atoms with E-state index in [2.05, 4.69) is 0 Å². The van der Waals surface area contributed by atoms with E-state index in [1.807, 2.05) is 0 Å². The van der Waals surface area contributed by atoms with Crippen LogP contribution in [0, 0.1) is 5.92 Å². The smallest absolute Gasteiger partial charge is 0.304 e. The minimum Gasteiger partial charge on any atom is -0.481 e. The van der Waals surface area contributed by atoms with Gasteiger partial charge in [-0.2, -0.15) is 0 Å². The summed E-state index contributed by atoms with van der Waals surface area (Å²) >= 11 is 0. The predicted octanol–water partition coefficient (Wildman–Crippen LogP) is 1.08. The van der Waals surface area contributed by atoms with Crippen LogP contribution in [-0.4, -0.2) is 16.9 Å². The van der Waals surface area contributed by atoms with Crippen molar-refractivity contribution in [3.63, 3.8) is 0 Å². The first-order valence-corrected chi connectivity index (χ1v) is 3.32. The zero-order valence-corrected chi connectivity index (χ0v) is 6.26. The van der Waals surface area contributed by atoms with Gasteiger partial charge in [0.1, 0.15) is 5.78 Å². The number of rotatable bonds is 4. The Bertz CT molecular complexity index is 140. The molecule has 10 heavy (non-hydrogen) atoms. The van der Waals surface area contributed by atoms with Crippen molar-refractivity contribution >= 4 is 11.8 Å². The topological polar surface area (TPSA) is 54.4 Å². The van der Waals surface area contributed by atoms with E-state index in [1.165, 1.54) is 0 Å². The maximum absolute atomic E-state index is 10.8. The van der Waals surface area contributed by atoms with Crippen molar-refractivity contribution in [3.05, 3.63) is 0 Å². The van der Waals surface area contributed by atoms with E-state index in [-0.39, 0.29) is 18.1 Å². The van der Waals surface area contributed by atoms with Crippen LogP contribution in [0.5, 0.6) is 0 Å². The zero-order chi connectivity index (χ0) is 8.15. The van der Waals surface area contributed by atoms with Crippen LogP contribution < -0.4 is 0 Å². The maximum atomic E-state index is 10.8. The van der Waals surface area contributed by atoms with E-state index < -0.39 is 5.97 Å². The van der Waals surface area contributed by atoms with Gasteiger partial charge >= 0.3 is 5.97 Å². The fourth-order valence-electron chi connectivity index (χ4n) is 0.724. The van der Waals surface area contributed by atoms with Gasteiger partial charge in [-0.25, -0.2) is 0 Å². The highest BCUT2D eigenvalue weighted by molar-refractivity contribution is 5.84. The largest absolute Gasteiger partial charge is 0.481 e. The molecule has 0 aromatic carbocycles. The Labute approximate surface area is 60.0 Å². The third-order valence-electron chi connectivity index (χ3n) is 1.38. The second kappa shape index (κ2) is 4.04. The molecule has 1 N–H and O–H groups in total. The molecule has 0 aromatic rings. The Hall–Kier alpha value is -0.860. The van der Waals surface area contributed by atoms with E-state index in [4.69, 9.17) is 5.11 Å². The molecule has 0 saturated heterocycles. The number of Topliss-reactive ketones (excluding diaryl/α,β-unsaturated/α-hetero) is 1. The molecule has 58 valence electrons. The minimum absolute atomic E-state index is 0.0161. The van der Waals surface area contributed by atoms with Crippen molar-refractivity contribution in [1.29, 1.82) is 0 Å². The lowest BCUT2D eigenvalue weighted by Crippen LogP contribution is -2.13. The fraction of sp³-hybridized carbons (Fsp3) is 0.714. The summed E-state index contributed by atoms with van der Waals surface area (Å²) < 4.78 is 0. The molecule has 0 rings (SSSR count). The van der Waals surface area contributed by atoms with Gasteiger partial charge in [0.15, 0.2) is 0 Å². The first kappa shape index (κ1) is 9.14. The molecule has 3 nitrogen and oxygen atoms in total. The normalized spacial score (nSPS) is 12.6. The third-order valence-corrected chi connectivity index (χ3v) is 1.38. The number of hydrogen-bond donors (Lipinski definition) is 1. The lowest BCUT2D eigenvalue weighted by molar-refractivity contribution is -0.140. The van der Waals surface area contributed by atoms with Crippen LogP contribution >= 0.6 is 0 Å². The first-order valence-electron chi connectivity index (χ1n) is 3.32. The molecule has 0 amide bonds. The van der Waals surface area contributed by atoms with Crippen molar-refractivity contribution in [1.82, 2.24) is 0 Å². The molecule has 0 spiro atoms. The molecule has 0 heterocycles. The summed E-state index contributed by atoms with van der Waals surface area (Å²) in [5.74, 6) is -1.22. The van der Waals surface area contributed by atoms with Gasteiger partial charge in [0.05, 0.1) is 6.42 Å². The quantitative estimate of drug-likeness (QED) is 0.642. The Morgan fingerprint density at radius 3 is 2.30 bits per heavy atom. The van der Waals surface area contributed by atoms with E-state index in [9.17, 15) is 9.59 Å². The Kier molecular flexibility index (Phi) is 3.69. The van der Waals surface area contributed by atoms with Gasteiger partial charge in [0.2, 0.25) is 0 Å². The molecule has 0 saturated carbocycles. The summed E-state index contributed by atoms with van der Waals surface area (Å²) in [5.41, 5.74) is 0. The SMILES string of the molecule is CCC(=O)C(C)CC(=O)O. The Balaban J connectivity index is 3.72. The number of hydrogen-bond acceptors (Lipinski definition) is 2. The van der Waals surface area contributed by atoms with Crippen LogP contribution in [-0.2, 0) is 9.59 Å². The third kappa shape index (κ3) is 3.22. The number of aliphatic carboxylic acids is 1. The molecular formula is C7H12O3. The summed E-state index contributed by atoms with van der Waals surface area (Å²) in [4.78, 5) is 20.9.